The maximum atomic E-state index is 11.3. The summed E-state index contributed by atoms with van der Waals surface area (Å²) in [6, 6.07) is 0. The first-order valence-corrected chi connectivity index (χ1v) is 6.26. The molecule has 0 aromatic heterocycles. The Labute approximate surface area is 110 Å². The van der Waals surface area contributed by atoms with E-state index in [1.165, 1.54) is 0 Å². The number of hydrogen-bond donors (Lipinski definition) is 0. The molecule has 0 amide bonds. The van der Waals surface area contributed by atoms with Crippen molar-refractivity contribution in [3.05, 3.63) is 0 Å². The highest BCUT2D eigenvalue weighted by atomic mass is 16.6. The van der Waals surface area contributed by atoms with Crippen LogP contribution in [0.4, 0.5) is 0 Å². The molecule has 5 heteroatoms. The summed E-state index contributed by atoms with van der Waals surface area (Å²) >= 11 is 0. The van der Waals surface area contributed by atoms with E-state index in [1.54, 1.807) is 7.11 Å². The Morgan fingerprint density at radius 3 is 1.89 bits per heavy atom. The van der Waals surface area contributed by atoms with Crippen molar-refractivity contribution in [3.63, 3.8) is 0 Å². The Kier molecular flexibility index (Phi) is 9.92. The lowest BCUT2D eigenvalue weighted by atomic mass is 9.93. The van der Waals surface area contributed by atoms with Crippen molar-refractivity contribution in [2.24, 2.45) is 5.41 Å². The minimum absolute atomic E-state index is 0.0346. The minimum atomic E-state index is -0.178. The summed E-state index contributed by atoms with van der Waals surface area (Å²) in [7, 11) is 1.63. The molecule has 0 saturated heterocycles. The van der Waals surface area contributed by atoms with Gasteiger partial charge in [-0.1, -0.05) is 20.8 Å². The average Bonchev–Trinajstić information content (AvgIpc) is 2.24. The van der Waals surface area contributed by atoms with E-state index in [1.807, 2.05) is 20.8 Å². The quantitative estimate of drug-likeness (QED) is 0.442. The summed E-state index contributed by atoms with van der Waals surface area (Å²) in [5.74, 6) is -0.178. The lowest BCUT2D eigenvalue weighted by Crippen LogP contribution is -2.18. The van der Waals surface area contributed by atoms with E-state index in [0.717, 1.165) is 0 Å². The molecule has 0 atom stereocenters. The fraction of sp³-hybridized carbons (Fsp3) is 0.923. The molecule has 108 valence electrons. The lowest BCUT2D eigenvalue weighted by molar-refractivity contribution is -0.147. The van der Waals surface area contributed by atoms with E-state index in [9.17, 15) is 4.79 Å². The number of methoxy groups -OCH3 is 1. The van der Waals surface area contributed by atoms with Crippen molar-refractivity contribution >= 4 is 5.97 Å². The lowest BCUT2D eigenvalue weighted by Gasteiger charge is -2.16. The van der Waals surface area contributed by atoms with Gasteiger partial charge in [-0.25, -0.2) is 0 Å². The summed E-state index contributed by atoms with van der Waals surface area (Å²) in [6.07, 6.45) is 0.424. The van der Waals surface area contributed by atoms with Crippen molar-refractivity contribution in [2.75, 3.05) is 46.8 Å². The van der Waals surface area contributed by atoms with E-state index in [0.29, 0.717) is 46.1 Å². The highest BCUT2D eigenvalue weighted by Crippen LogP contribution is 2.18. The van der Waals surface area contributed by atoms with Crippen LogP contribution in [0, 0.1) is 5.41 Å². The highest BCUT2D eigenvalue weighted by Gasteiger charge is 2.16. The molecule has 0 aromatic carbocycles. The predicted octanol–water partition coefficient (Wildman–Crippen LogP) is 1.65. The first-order valence-electron chi connectivity index (χ1n) is 6.26. The molecule has 0 unspecified atom stereocenters. The summed E-state index contributed by atoms with van der Waals surface area (Å²) < 4.78 is 20.3. The summed E-state index contributed by atoms with van der Waals surface area (Å²) in [6.45, 7) is 8.90. The summed E-state index contributed by atoms with van der Waals surface area (Å²) in [5, 5.41) is 0. The molecule has 0 bridgehead atoms. The topological polar surface area (TPSA) is 54.0 Å². The van der Waals surface area contributed by atoms with E-state index < -0.39 is 0 Å². The first-order chi connectivity index (χ1) is 8.45. The van der Waals surface area contributed by atoms with Crippen LogP contribution in [0.25, 0.3) is 0 Å². The number of carbonyl (C=O) groups is 1. The third-order valence-corrected chi connectivity index (χ3v) is 1.97. The van der Waals surface area contributed by atoms with Crippen LogP contribution in [-0.4, -0.2) is 52.7 Å². The van der Waals surface area contributed by atoms with Crippen LogP contribution >= 0.6 is 0 Å². The van der Waals surface area contributed by atoms with Crippen LogP contribution in [0.15, 0.2) is 0 Å². The molecule has 0 saturated carbocycles. The van der Waals surface area contributed by atoms with Crippen LogP contribution in [-0.2, 0) is 23.7 Å². The van der Waals surface area contributed by atoms with Crippen molar-refractivity contribution in [3.8, 4) is 0 Å². The van der Waals surface area contributed by atoms with E-state index in [2.05, 4.69) is 0 Å². The van der Waals surface area contributed by atoms with Gasteiger partial charge in [0.25, 0.3) is 0 Å². The number of hydrogen-bond acceptors (Lipinski definition) is 5. The van der Waals surface area contributed by atoms with Gasteiger partial charge in [0.15, 0.2) is 0 Å². The van der Waals surface area contributed by atoms with Gasteiger partial charge in [0.1, 0.15) is 6.61 Å². The Morgan fingerprint density at radius 1 is 0.889 bits per heavy atom. The third kappa shape index (κ3) is 13.4. The van der Waals surface area contributed by atoms with E-state index in [-0.39, 0.29) is 11.4 Å². The highest BCUT2D eigenvalue weighted by molar-refractivity contribution is 5.70. The second-order valence-corrected chi connectivity index (χ2v) is 5.18. The fourth-order valence-electron chi connectivity index (χ4n) is 1.16. The molecule has 0 rings (SSSR count). The molecular formula is C13H26O5. The Morgan fingerprint density at radius 2 is 1.39 bits per heavy atom. The van der Waals surface area contributed by atoms with Crippen LogP contribution in [0.1, 0.15) is 27.2 Å². The van der Waals surface area contributed by atoms with Gasteiger partial charge < -0.3 is 18.9 Å². The second-order valence-electron chi connectivity index (χ2n) is 5.18. The van der Waals surface area contributed by atoms with Crippen molar-refractivity contribution in [1.82, 2.24) is 0 Å². The Hall–Kier alpha value is -0.650. The van der Waals surface area contributed by atoms with Crippen molar-refractivity contribution in [1.29, 1.82) is 0 Å². The number of rotatable bonds is 10. The van der Waals surface area contributed by atoms with Gasteiger partial charge in [-0.15, -0.1) is 0 Å². The van der Waals surface area contributed by atoms with Gasteiger partial charge in [0.2, 0.25) is 0 Å². The van der Waals surface area contributed by atoms with Crippen LogP contribution < -0.4 is 0 Å². The summed E-state index contributed by atoms with van der Waals surface area (Å²) in [4.78, 5) is 11.3. The van der Waals surface area contributed by atoms with Crippen LogP contribution in [0.5, 0.6) is 0 Å². The molecule has 0 aliphatic carbocycles. The van der Waals surface area contributed by atoms with Crippen molar-refractivity contribution in [2.45, 2.75) is 27.2 Å². The average molecular weight is 262 g/mol. The maximum absolute atomic E-state index is 11.3. The van der Waals surface area contributed by atoms with E-state index >= 15 is 0 Å². The number of carbonyl (C=O) groups excluding carboxylic acids is 1. The molecular weight excluding hydrogens is 236 g/mol. The number of ether oxygens (including phenoxy) is 4. The molecule has 0 N–H and O–H groups in total. The SMILES string of the molecule is COCCOCCOCCOC(=O)CC(C)(C)C. The Bertz CT molecular complexity index is 210. The van der Waals surface area contributed by atoms with Crippen LogP contribution in [0.3, 0.4) is 0 Å². The molecule has 0 spiro atoms. The smallest absolute Gasteiger partial charge is 0.306 e. The zero-order valence-electron chi connectivity index (χ0n) is 12.0. The largest absolute Gasteiger partial charge is 0.463 e. The zero-order valence-corrected chi connectivity index (χ0v) is 12.0. The van der Waals surface area contributed by atoms with Crippen molar-refractivity contribution < 1.29 is 23.7 Å². The zero-order chi connectivity index (χ0) is 13.9. The van der Waals surface area contributed by atoms with Crippen LogP contribution in [0.2, 0.25) is 0 Å². The monoisotopic (exact) mass is 262 g/mol. The molecule has 0 radical (unpaired) electrons. The minimum Gasteiger partial charge on any atom is -0.463 e. The van der Waals surface area contributed by atoms with Gasteiger partial charge in [-0.05, 0) is 5.41 Å². The van der Waals surface area contributed by atoms with E-state index in [4.69, 9.17) is 18.9 Å². The second kappa shape index (κ2) is 10.3. The Balaban J connectivity index is 3.23. The third-order valence-electron chi connectivity index (χ3n) is 1.97. The summed E-state index contributed by atoms with van der Waals surface area (Å²) in [5.41, 5.74) is -0.0346. The standard InChI is InChI=1S/C13H26O5/c1-13(2,3)11-12(14)18-10-9-17-8-7-16-6-5-15-4/h5-11H2,1-4H3. The van der Waals surface area contributed by atoms with Gasteiger partial charge in [-0.2, -0.15) is 0 Å². The molecule has 0 fully saturated rings. The fourth-order valence-corrected chi connectivity index (χ4v) is 1.16. The van der Waals surface area contributed by atoms with Gasteiger partial charge in [0, 0.05) is 7.11 Å². The molecule has 0 aliphatic rings. The molecule has 0 aromatic rings. The van der Waals surface area contributed by atoms with Gasteiger partial charge in [0.05, 0.1) is 39.5 Å². The molecule has 5 nitrogen and oxygen atoms in total. The predicted molar refractivity (Wildman–Crippen MR) is 68.5 cm³/mol. The van der Waals surface area contributed by atoms with Gasteiger partial charge >= 0.3 is 5.97 Å². The maximum Gasteiger partial charge on any atom is 0.306 e. The molecule has 0 heterocycles. The first kappa shape index (κ1) is 17.4. The molecule has 18 heavy (non-hydrogen) atoms. The molecule has 0 aliphatic heterocycles. The van der Waals surface area contributed by atoms with Gasteiger partial charge in [-0.3, -0.25) is 4.79 Å². The number of esters is 1. The normalized spacial score (nSPS) is 11.6.